The minimum Gasteiger partial charge on any atom is -0.490 e. The highest BCUT2D eigenvalue weighted by molar-refractivity contribution is 7.17. The molecule has 0 unspecified atom stereocenters. The summed E-state index contributed by atoms with van der Waals surface area (Å²) in [6.07, 6.45) is 2.69. The van der Waals surface area contributed by atoms with E-state index >= 15 is 0 Å². The summed E-state index contributed by atoms with van der Waals surface area (Å²) in [4.78, 5) is 23.6. The van der Waals surface area contributed by atoms with E-state index in [2.05, 4.69) is 50.8 Å². The summed E-state index contributed by atoms with van der Waals surface area (Å²) < 4.78 is 5.91. The number of carbonyl (C=O) groups is 1. The molecule has 7 nitrogen and oxygen atoms in total. The third-order valence-corrected chi connectivity index (χ3v) is 7.24. The highest BCUT2D eigenvalue weighted by Crippen LogP contribution is 2.41. The van der Waals surface area contributed by atoms with Gasteiger partial charge in [-0.05, 0) is 61.2 Å². The van der Waals surface area contributed by atoms with Crippen molar-refractivity contribution in [3.63, 3.8) is 0 Å². The topological polar surface area (TPSA) is 82.3 Å². The first-order valence-electron chi connectivity index (χ1n) is 11.1. The summed E-state index contributed by atoms with van der Waals surface area (Å²) in [6.45, 7) is 6.06. The van der Waals surface area contributed by atoms with Gasteiger partial charge in [-0.3, -0.25) is 4.79 Å². The van der Waals surface area contributed by atoms with Gasteiger partial charge in [0.2, 0.25) is 0 Å². The number of rotatable bonds is 4. The van der Waals surface area contributed by atoms with E-state index in [4.69, 9.17) is 9.72 Å². The van der Waals surface area contributed by atoms with Crippen LogP contribution in [-0.4, -0.2) is 34.6 Å². The fraction of sp³-hybridized carbons (Fsp3) is 0.280. The molecule has 0 radical (unpaired) electrons. The molecule has 4 heterocycles. The van der Waals surface area contributed by atoms with E-state index < -0.39 is 0 Å². The van der Waals surface area contributed by atoms with Crippen LogP contribution in [0.4, 0.5) is 16.5 Å². The Hall–Kier alpha value is -3.52. The van der Waals surface area contributed by atoms with Gasteiger partial charge in [0.1, 0.15) is 17.2 Å². The van der Waals surface area contributed by atoms with E-state index in [-0.39, 0.29) is 11.4 Å². The second-order valence-electron chi connectivity index (χ2n) is 9.22. The highest BCUT2D eigenvalue weighted by Gasteiger charge is 2.34. The lowest BCUT2D eigenvalue weighted by atomic mass is 9.94. The molecule has 2 aliphatic rings. The maximum atomic E-state index is 12.6. The average molecular weight is 460 g/mol. The summed E-state index contributed by atoms with van der Waals surface area (Å²) in [5.41, 5.74) is 4.94. The van der Waals surface area contributed by atoms with E-state index in [0.717, 1.165) is 46.4 Å². The number of aromatic amines is 1. The van der Waals surface area contributed by atoms with Gasteiger partial charge in [-0.2, -0.15) is 0 Å². The zero-order valence-corrected chi connectivity index (χ0v) is 19.4. The molecule has 168 valence electrons. The van der Waals surface area contributed by atoms with E-state index in [9.17, 15) is 4.79 Å². The first kappa shape index (κ1) is 20.1. The molecule has 0 fully saturated rings. The van der Waals surface area contributed by atoms with Gasteiger partial charge in [-0.25, -0.2) is 4.98 Å². The maximum absolute atomic E-state index is 12.6. The van der Waals surface area contributed by atoms with Gasteiger partial charge in [0.05, 0.1) is 17.9 Å². The summed E-state index contributed by atoms with van der Waals surface area (Å²) in [7, 11) is 0. The van der Waals surface area contributed by atoms with Crippen LogP contribution in [0, 0.1) is 0 Å². The number of H-pyrrole nitrogens is 1. The van der Waals surface area contributed by atoms with Crippen LogP contribution in [0.2, 0.25) is 0 Å². The lowest BCUT2D eigenvalue weighted by Gasteiger charge is -2.30. The molecule has 6 rings (SSSR count). The Morgan fingerprint density at radius 2 is 2.12 bits per heavy atom. The number of benzene rings is 2. The van der Waals surface area contributed by atoms with E-state index in [1.165, 1.54) is 22.3 Å². The Morgan fingerprint density at radius 1 is 1.21 bits per heavy atom. The van der Waals surface area contributed by atoms with Gasteiger partial charge in [0.15, 0.2) is 5.13 Å². The van der Waals surface area contributed by atoms with Crippen molar-refractivity contribution in [1.82, 2.24) is 15.3 Å². The van der Waals surface area contributed by atoms with Crippen LogP contribution in [0.3, 0.4) is 0 Å². The molecule has 2 aliphatic heterocycles. The Balaban J connectivity index is 1.27. The van der Waals surface area contributed by atoms with Crippen molar-refractivity contribution >= 4 is 44.7 Å². The van der Waals surface area contributed by atoms with Crippen molar-refractivity contribution in [2.75, 3.05) is 23.4 Å². The molecule has 0 saturated carbocycles. The zero-order chi connectivity index (χ0) is 22.6. The molecular formula is C25H25N5O2S. The molecule has 0 saturated heterocycles. The fourth-order valence-corrected chi connectivity index (χ4v) is 5.54. The molecule has 2 aromatic heterocycles. The molecule has 2 aromatic carbocycles. The predicted molar refractivity (Wildman–Crippen MR) is 132 cm³/mol. The third-order valence-electron chi connectivity index (χ3n) is 6.12. The van der Waals surface area contributed by atoms with Crippen LogP contribution in [0.1, 0.15) is 34.8 Å². The van der Waals surface area contributed by atoms with Crippen LogP contribution in [0.15, 0.2) is 48.7 Å². The summed E-state index contributed by atoms with van der Waals surface area (Å²) in [5, 5.41) is 8.66. The molecule has 0 atom stereocenters. The van der Waals surface area contributed by atoms with Crippen LogP contribution in [-0.2, 0) is 13.0 Å². The number of nitrogens with zero attached hydrogens (tertiary/aromatic N) is 2. The maximum Gasteiger partial charge on any atom is 0.263 e. The van der Waals surface area contributed by atoms with Crippen LogP contribution >= 0.6 is 11.3 Å². The van der Waals surface area contributed by atoms with E-state index in [1.54, 1.807) is 0 Å². The summed E-state index contributed by atoms with van der Waals surface area (Å²) in [5.74, 6) is 0.798. The molecule has 3 N–H and O–H groups in total. The monoisotopic (exact) mass is 459 g/mol. The number of carbonyl (C=O) groups excluding carboxylic acids is 1. The van der Waals surface area contributed by atoms with Crippen molar-refractivity contribution in [3.8, 4) is 5.75 Å². The van der Waals surface area contributed by atoms with Gasteiger partial charge in [-0.15, -0.1) is 0 Å². The quantitative estimate of drug-likeness (QED) is 0.407. The predicted octanol–water partition coefficient (Wildman–Crippen LogP) is 4.83. The number of anilines is 3. The van der Waals surface area contributed by atoms with Gasteiger partial charge in [0, 0.05) is 35.9 Å². The second kappa shape index (κ2) is 7.52. The number of thiazole rings is 1. The van der Waals surface area contributed by atoms with Gasteiger partial charge in [0.25, 0.3) is 5.91 Å². The highest BCUT2D eigenvalue weighted by atomic mass is 32.1. The standard InChI is InChI=1S/C25H25N5O2S/c1-25(2)13-19-22(23(31)29-25)33-24(28-19)30-9-10-32-21-6-4-17(12-20(21)30)27-14-15-3-5-18-16(11-15)7-8-26-18/h3-8,11-12,26-27H,9-10,13-14H2,1-2H3,(H,29,31). The van der Waals surface area contributed by atoms with Crippen molar-refractivity contribution in [3.05, 3.63) is 64.8 Å². The van der Waals surface area contributed by atoms with Gasteiger partial charge < -0.3 is 25.3 Å². The third kappa shape index (κ3) is 3.70. The van der Waals surface area contributed by atoms with Crippen LogP contribution < -0.4 is 20.3 Å². The first-order chi connectivity index (χ1) is 15.9. The van der Waals surface area contributed by atoms with Crippen molar-refractivity contribution in [1.29, 1.82) is 0 Å². The largest absolute Gasteiger partial charge is 0.490 e. The fourth-order valence-electron chi connectivity index (χ4n) is 4.52. The Kier molecular flexibility index (Phi) is 4.58. The molecule has 33 heavy (non-hydrogen) atoms. The number of hydrogen-bond donors (Lipinski definition) is 3. The molecule has 1 amide bonds. The van der Waals surface area contributed by atoms with Crippen LogP contribution in [0.25, 0.3) is 10.9 Å². The van der Waals surface area contributed by atoms with Gasteiger partial charge in [-0.1, -0.05) is 17.4 Å². The second-order valence-corrected chi connectivity index (χ2v) is 10.2. The molecular weight excluding hydrogens is 434 g/mol. The first-order valence-corrected chi connectivity index (χ1v) is 11.9. The van der Waals surface area contributed by atoms with E-state index in [0.29, 0.717) is 18.0 Å². The van der Waals surface area contributed by atoms with Crippen molar-refractivity contribution in [2.24, 2.45) is 0 Å². The number of amides is 1. The number of hydrogen-bond acceptors (Lipinski definition) is 6. The van der Waals surface area contributed by atoms with Crippen molar-refractivity contribution in [2.45, 2.75) is 32.4 Å². The number of aromatic nitrogens is 2. The summed E-state index contributed by atoms with van der Waals surface area (Å²) in [6, 6.07) is 14.7. The zero-order valence-electron chi connectivity index (χ0n) is 18.6. The van der Waals surface area contributed by atoms with Gasteiger partial charge >= 0.3 is 0 Å². The minimum absolute atomic E-state index is 0.0340. The number of ether oxygens (including phenoxy) is 1. The molecule has 4 aromatic rings. The van der Waals surface area contributed by atoms with Crippen molar-refractivity contribution < 1.29 is 9.53 Å². The SMILES string of the molecule is CC1(C)Cc2nc(N3CCOc4ccc(NCc5ccc6[nH]ccc6c5)cc43)sc2C(=O)N1. The lowest BCUT2D eigenvalue weighted by molar-refractivity contribution is 0.0901. The molecule has 0 bridgehead atoms. The summed E-state index contributed by atoms with van der Waals surface area (Å²) >= 11 is 1.46. The Bertz CT molecular complexity index is 1370. The molecule has 0 aliphatic carbocycles. The van der Waals surface area contributed by atoms with Crippen LogP contribution in [0.5, 0.6) is 5.75 Å². The normalized spacial score (nSPS) is 16.7. The Morgan fingerprint density at radius 3 is 3.03 bits per heavy atom. The van der Waals surface area contributed by atoms with E-state index in [1.807, 2.05) is 32.2 Å². The molecule has 0 spiro atoms. The smallest absolute Gasteiger partial charge is 0.263 e. The Labute approximate surface area is 195 Å². The number of fused-ring (bicyclic) bond motifs is 3. The average Bonchev–Trinajstić information content (AvgIpc) is 3.43. The minimum atomic E-state index is -0.279. The lowest BCUT2D eigenvalue weighted by Crippen LogP contribution is -2.48. The molecule has 8 heteroatoms. The number of nitrogens with one attached hydrogen (secondary N) is 3.